The van der Waals surface area contributed by atoms with E-state index in [4.69, 9.17) is 5.11 Å². The summed E-state index contributed by atoms with van der Waals surface area (Å²) in [7, 11) is 0. The van der Waals surface area contributed by atoms with E-state index in [-0.39, 0.29) is 17.1 Å². The van der Waals surface area contributed by atoms with Crippen LogP contribution in [0.5, 0.6) is 0 Å². The van der Waals surface area contributed by atoms with Gasteiger partial charge in [0, 0.05) is 17.6 Å². The van der Waals surface area contributed by atoms with Gasteiger partial charge in [-0.25, -0.2) is 9.97 Å². The summed E-state index contributed by atoms with van der Waals surface area (Å²) in [5.41, 5.74) is 0.334. The van der Waals surface area contributed by atoms with Gasteiger partial charge in [-0.15, -0.1) is 11.3 Å². The summed E-state index contributed by atoms with van der Waals surface area (Å²) >= 11 is 2.28. The van der Waals surface area contributed by atoms with Crippen LogP contribution in [0.1, 0.15) is 5.69 Å². The van der Waals surface area contributed by atoms with E-state index in [0.29, 0.717) is 10.0 Å². The average Bonchev–Trinajstić information content (AvgIpc) is 2.76. The number of aromatic nitrogens is 2. The molecule has 0 fully saturated rings. The molecule has 9 heteroatoms. The first-order chi connectivity index (χ1) is 9.06. The highest BCUT2D eigenvalue weighted by Crippen LogP contribution is 2.34. The van der Waals surface area contributed by atoms with Crippen molar-refractivity contribution in [3.8, 4) is 0 Å². The first-order valence-corrected chi connectivity index (χ1v) is 6.69. The Morgan fingerprint density at radius 2 is 2.37 bits per heavy atom. The van der Waals surface area contributed by atoms with Crippen LogP contribution in [0.3, 0.4) is 0 Å². The van der Waals surface area contributed by atoms with Gasteiger partial charge < -0.3 is 5.11 Å². The maximum absolute atomic E-state index is 10.8. The van der Waals surface area contributed by atoms with Crippen molar-refractivity contribution in [1.29, 1.82) is 0 Å². The number of aliphatic carboxylic acids is 1. The molecule has 0 aromatic carbocycles. The number of rotatable bonds is 5. The number of carboxylic acid groups (broad SMARTS) is 1. The second kappa shape index (κ2) is 5.76. The number of thiazole rings is 1. The van der Waals surface area contributed by atoms with Gasteiger partial charge in [0.15, 0.2) is 9.37 Å². The van der Waals surface area contributed by atoms with Crippen LogP contribution in [0, 0.1) is 10.1 Å². The lowest BCUT2D eigenvalue weighted by atomic mass is 10.3. The van der Waals surface area contributed by atoms with Crippen molar-refractivity contribution in [1.82, 2.24) is 9.97 Å². The number of nitrogens with zero attached hydrogens (tertiary/aromatic N) is 3. The SMILES string of the molecule is O=C(O)Cc1csc(Sc2ncccc2[N+](=O)[O-])n1. The molecular formula is C10H7N3O4S2. The summed E-state index contributed by atoms with van der Waals surface area (Å²) in [6.45, 7) is 0. The fourth-order valence-electron chi connectivity index (χ4n) is 1.25. The van der Waals surface area contributed by atoms with E-state index < -0.39 is 10.9 Å². The third-order valence-electron chi connectivity index (χ3n) is 1.99. The summed E-state index contributed by atoms with van der Waals surface area (Å²) in [6.07, 6.45) is 1.29. The lowest BCUT2D eigenvalue weighted by Crippen LogP contribution is -1.99. The molecule has 2 rings (SSSR count). The Balaban J connectivity index is 2.19. The summed E-state index contributed by atoms with van der Waals surface area (Å²) in [5.74, 6) is -0.967. The predicted octanol–water partition coefficient (Wildman–Crippen LogP) is 2.22. The second-order valence-corrected chi connectivity index (χ2v) is 5.46. The minimum atomic E-state index is -0.967. The van der Waals surface area contributed by atoms with Gasteiger partial charge >= 0.3 is 11.7 Å². The van der Waals surface area contributed by atoms with Crippen molar-refractivity contribution in [2.45, 2.75) is 15.8 Å². The van der Waals surface area contributed by atoms with Crippen LogP contribution in [0.25, 0.3) is 0 Å². The summed E-state index contributed by atoms with van der Waals surface area (Å²) in [6, 6.07) is 2.85. The number of nitro groups is 1. The van der Waals surface area contributed by atoms with Crippen LogP contribution in [-0.4, -0.2) is 26.0 Å². The lowest BCUT2D eigenvalue weighted by molar-refractivity contribution is -0.388. The molecule has 0 bridgehead atoms. The van der Waals surface area contributed by atoms with E-state index in [1.165, 1.54) is 29.7 Å². The fraction of sp³-hybridized carbons (Fsp3) is 0.100. The fourth-order valence-corrected chi connectivity index (χ4v) is 3.06. The molecule has 7 nitrogen and oxygen atoms in total. The number of pyridine rings is 1. The number of carboxylic acids is 1. The maximum Gasteiger partial charge on any atom is 0.309 e. The molecule has 0 spiro atoms. The van der Waals surface area contributed by atoms with E-state index in [1.807, 2.05) is 0 Å². The standard InChI is InChI=1S/C10H7N3O4S2/c14-8(15)4-6-5-18-10(12-6)19-9-7(13(16)17)2-1-3-11-9/h1-3,5H,4H2,(H,14,15). The molecule has 0 radical (unpaired) electrons. The highest BCUT2D eigenvalue weighted by atomic mass is 32.2. The van der Waals surface area contributed by atoms with Crippen molar-refractivity contribution >= 4 is 34.8 Å². The minimum Gasteiger partial charge on any atom is -0.481 e. The van der Waals surface area contributed by atoms with Gasteiger partial charge in [0.1, 0.15) is 0 Å². The molecule has 0 unspecified atom stereocenters. The third-order valence-corrected chi connectivity index (χ3v) is 3.99. The summed E-state index contributed by atoms with van der Waals surface area (Å²) in [4.78, 5) is 28.9. The molecular weight excluding hydrogens is 290 g/mol. The van der Waals surface area contributed by atoms with Crippen LogP contribution in [0.15, 0.2) is 33.1 Å². The third kappa shape index (κ3) is 3.48. The maximum atomic E-state index is 10.8. The van der Waals surface area contributed by atoms with Gasteiger partial charge in [0.2, 0.25) is 0 Å². The highest BCUT2D eigenvalue weighted by Gasteiger charge is 2.17. The molecule has 0 aliphatic heterocycles. The zero-order chi connectivity index (χ0) is 13.8. The second-order valence-electron chi connectivity index (χ2n) is 3.36. The number of carbonyl (C=O) groups is 1. The van der Waals surface area contributed by atoms with Crippen LogP contribution in [-0.2, 0) is 11.2 Å². The van der Waals surface area contributed by atoms with Gasteiger partial charge in [-0.3, -0.25) is 14.9 Å². The number of hydrogen-bond acceptors (Lipinski definition) is 7. The van der Waals surface area contributed by atoms with Crippen LogP contribution in [0.4, 0.5) is 5.69 Å². The van der Waals surface area contributed by atoms with E-state index >= 15 is 0 Å². The quantitative estimate of drug-likeness (QED) is 0.666. The van der Waals surface area contributed by atoms with Crippen molar-refractivity contribution in [2.75, 3.05) is 0 Å². The van der Waals surface area contributed by atoms with E-state index in [0.717, 1.165) is 11.8 Å². The molecule has 19 heavy (non-hydrogen) atoms. The van der Waals surface area contributed by atoms with Gasteiger partial charge in [-0.2, -0.15) is 0 Å². The molecule has 0 amide bonds. The van der Waals surface area contributed by atoms with E-state index in [1.54, 1.807) is 5.38 Å². The smallest absolute Gasteiger partial charge is 0.309 e. The Kier molecular flexibility index (Phi) is 4.07. The van der Waals surface area contributed by atoms with Crippen molar-refractivity contribution in [3.63, 3.8) is 0 Å². The number of hydrogen-bond donors (Lipinski definition) is 1. The largest absolute Gasteiger partial charge is 0.481 e. The highest BCUT2D eigenvalue weighted by molar-refractivity contribution is 8.01. The minimum absolute atomic E-state index is 0.0949. The van der Waals surface area contributed by atoms with Crippen LogP contribution < -0.4 is 0 Å². The molecule has 1 N–H and O–H groups in total. The Morgan fingerprint density at radius 1 is 1.58 bits per heavy atom. The zero-order valence-corrected chi connectivity index (χ0v) is 11.0. The summed E-state index contributed by atoms with van der Waals surface area (Å²) < 4.78 is 0.526. The molecule has 0 aliphatic rings. The normalized spacial score (nSPS) is 10.3. The molecule has 0 atom stereocenters. The summed E-state index contributed by atoms with van der Waals surface area (Å²) in [5, 5.41) is 21.3. The molecule has 98 valence electrons. The Labute approximate surface area is 115 Å². The molecule has 2 heterocycles. The zero-order valence-electron chi connectivity index (χ0n) is 9.35. The average molecular weight is 297 g/mol. The van der Waals surface area contributed by atoms with Gasteiger partial charge in [-0.05, 0) is 17.8 Å². The predicted molar refractivity (Wildman–Crippen MR) is 68.5 cm³/mol. The molecule has 2 aromatic heterocycles. The van der Waals surface area contributed by atoms with E-state index in [9.17, 15) is 14.9 Å². The Bertz CT molecular complexity index is 629. The molecule has 0 aliphatic carbocycles. The topological polar surface area (TPSA) is 106 Å². The molecule has 2 aromatic rings. The lowest BCUT2D eigenvalue weighted by Gasteiger charge is -1.97. The van der Waals surface area contributed by atoms with E-state index in [2.05, 4.69) is 9.97 Å². The first-order valence-electron chi connectivity index (χ1n) is 4.99. The van der Waals surface area contributed by atoms with Crippen molar-refractivity contribution in [3.05, 3.63) is 39.5 Å². The van der Waals surface area contributed by atoms with Gasteiger partial charge in [0.25, 0.3) is 0 Å². The monoisotopic (exact) mass is 297 g/mol. The molecule has 0 saturated heterocycles. The Hall–Kier alpha value is -2.00. The van der Waals surface area contributed by atoms with Gasteiger partial charge in [-0.1, -0.05) is 0 Å². The van der Waals surface area contributed by atoms with Crippen molar-refractivity contribution < 1.29 is 14.8 Å². The van der Waals surface area contributed by atoms with Crippen LogP contribution >= 0.6 is 23.1 Å². The first kappa shape index (κ1) is 13.4. The molecule has 0 saturated carbocycles. The van der Waals surface area contributed by atoms with Crippen molar-refractivity contribution in [2.24, 2.45) is 0 Å². The Morgan fingerprint density at radius 3 is 3.05 bits per heavy atom. The van der Waals surface area contributed by atoms with Gasteiger partial charge in [0.05, 0.1) is 17.0 Å². The van der Waals surface area contributed by atoms with Crippen LogP contribution in [0.2, 0.25) is 0 Å².